The van der Waals surface area contributed by atoms with Crippen LogP contribution in [0.2, 0.25) is 0 Å². The molecule has 0 saturated heterocycles. The standard InChI is InChI=1S/C19H15NO/c21-19(15-7-3-1-4-8-15)16-11-13-18(14-12-16)20-17-9-5-2-6-10-17/h1-14,20H. The number of nitrogens with one attached hydrogen (secondary N) is 1. The molecule has 3 aromatic rings. The summed E-state index contributed by atoms with van der Waals surface area (Å²) in [5, 5.41) is 3.30. The van der Waals surface area contributed by atoms with Crippen LogP contribution in [-0.2, 0) is 0 Å². The summed E-state index contributed by atoms with van der Waals surface area (Å²) in [5.41, 5.74) is 3.39. The number of benzene rings is 3. The summed E-state index contributed by atoms with van der Waals surface area (Å²) in [7, 11) is 0. The average molecular weight is 273 g/mol. The highest BCUT2D eigenvalue weighted by molar-refractivity contribution is 6.09. The maximum Gasteiger partial charge on any atom is 0.193 e. The van der Waals surface area contributed by atoms with Gasteiger partial charge in [-0.3, -0.25) is 4.79 Å². The Morgan fingerprint density at radius 2 is 1.05 bits per heavy atom. The number of rotatable bonds is 4. The van der Waals surface area contributed by atoms with E-state index in [1.807, 2.05) is 84.9 Å². The van der Waals surface area contributed by atoms with Crippen molar-refractivity contribution in [1.82, 2.24) is 0 Å². The van der Waals surface area contributed by atoms with Crippen LogP contribution in [0.3, 0.4) is 0 Å². The maximum atomic E-state index is 12.3. The summed E-state index contributed by atoms with van der Waals surface area (Å²) in [6, 6.07) is 26.8. The van der Waals surface area contributed by atoms with Gasteiger partial charge < -0.3 is 5.32 Å². The Morgan fingerprint density at radius 3 is 1.67 bits per heavy atom. The van der Waals surface area contributed by atoms with Crippen LogP contribution in [-0.4, -0.2) is 5.78 Å². The van der Waals surface area contributed by atoms with E-state index in [1.165, 1.54) is 0 Å². The number of ketones is 1. The number of carbonyl (C=O) groups is 1. The molecule has 0 fully saturated rings. The molecule has 0 heterocycles. The van der Waals surface area contributed by atoms with Gasteiger partial charge in [0.05, 0.1) is 0 Å². The van der Waals surface area contributed by atoms with Crippen molar-refractivity contribution in [3.8, 4) is 0 Å². The number of hydrogen-bond acceptors (Lipinski definition) is 2. The Balaban J connectivity index is 1.77. The predicted octanol–water partition coefficient (Wildman–Crippen LogP) is 4.66. The second-order valence-electron chi connectivity index (χ2n) is 4.76. The van der Waals surface area contributed by atoms with E-state index < -0.39 is 0 Å². The first kappa shape index (κ1) is 13.1. The Labute approximate surface area is 124 Å². The lowest BCUT2D eigenvalue weighted by Gasteiger charge is -2.07. The van der Waals surface area contributed by atoms with Crippen molar-refractivity contribution in [2.24, 2.45) is 0 Å². The fourth-order valence-corrected chi connectivity index (χ4v) is 2.15. The minimum absolute atomic E-state index is 0.0434. The first-order chi connectivity index (χ1) is 10.3. The second-order valence-corrected chi connectivity index (χ2v) is 4.76. The third kappa shape index (κ3) is 3.18. The summed E-state index contributed by atoms with van der Waals surface area (Å²) < 4.78 is 0. The maximum absolute atomic E-state index is 12.3. The molecule has 102 valence electrons. The summed E-state index contributed by atoms with van der Waals surface area (Å²) in [5.74, 6) is 0.0434. The molecule has 2 nitrogen and oxygen atoms in total. The zero-order valence-electron chi connectivity index (χ0n) is 11.5. The topological polar surface area (TPSA) is 29.1 Å². The zero-order valence-corrected chi connectivity index (χ0v) is 11.5. The molecule has 21 heavy (non-hydrogen) atoms. The monoisotopic (exact) mass is 273 g/mol. The highest BCUT2D eigenvalue weighted by atomic mass is 16.1. The van der Waals surface area contributed by atoms with E-state index in [4.69, 9.17) is 0 Å². The van der Waals surface area contributed by atoms with Gasteiger partial charge in [0, 0.05) is 22.5 Å². The minimum atomic E-state index is 0.0434. The smallest absolute Gasteiger partial charge is 0.193 e. The Morgan fingerprint density at radius 1 is 0.571 bits per heavy atom. The molecule has 0 unspecified atom stereocenters. The number of anilines is 2. The molecule has 2 heteroatoms. The number of carbonyl (C=O) groups excluding carboxylic acids is 1. The van der Waals surface area contributed by atoms with Crippen LogP contribution < -0.4 is 5.32 Å². The van der Waals surface area contributed by atoms with E-state index in [-0.39, 0.29) is 5.78 Å². The lowest BCUT2D eigenvalue weighted by atomic mass is 10.0. The van der Waals surface area contributed by atoms with Crippen molar-refractivity contribution in [1.29, 1.82) is 0 Å². The Bertz CT molecular complexity index is 719. The van der Waals surface area contributed by atoms with Crippen molar-refractivity contribution < 1.29 is 4.79 Å². The Kier molecular flexibility index (Phi) is 3.79. The molecule has 0 amide bonds. The summed E-state index contributed by atoms with van der Waals surface area (Å²) in [4.78, 5) is 12.3. The molecule has 3 rings (SSSR count). The molecule has 0 aliphatic heterocycles. The number of hydrogen-bond donors (Lipinski definition) is 1. The summed E-state index contributed by atoms with van der Waals surface area (Å²) in [6.07, 6.45) is 0. The highest BCUT2D eigenvalue weighted by Gasteiger charge is 2.07. The van der Waals surface area contributed by atoms with Crippen LogP contribution >= 0.6 is 0 Å². The van der Waals surface area contributed by atoms with Gasteiger partial charge in [-0.05, 0) is 36.4 Å². The highest BCUT2D eigenvalue weighted by Crippen LogP contribution is 2.18. The normalized spacial score (nSPS) is 10.1. The third-order valence-electron chi connectivity index (χ3n) is 3.25. The van der Waals surface area contributed by atoms with Gasteiger partial charge >= 0.3 is 0 Å². The third-order valence-corrected chi connectivity index (χ3v) is 3.25. The SMILES string of the molecule is O=C(c1ccccc1)c1ccc(Nc2ccccc2)cc1. The lowest BCUT2D eigenvalue weighted by Crippen LogP contribution is -2.01. The van der Waals surface area contributed by atoms with Gasteiger partial charge in [0.1, 0.15) is 0 Å². The van der Waals surface area contributed by atoms with Crippen molar-refractivity contribution in [3.05, 3.63) is 96.1 Å². The average Bonchev–Trinajstić information content (AvgIpc) is 2.57. The van der Waals surface area contributed by atoms with E-state index in [2.05, 4.69) is 5.32 Å². The molecule has 0 radical (unpaired) electrons. The van der Waals surface area contributed by atoms with Crippen molar-refractivity contribution in [2.75, 3.05) is 5.32 Å². The van der Waals surface area contributed by atoms with Crippen LogP contribution in [0, 0.1) is 0 Å². The molecule has 0 aliphatic rings. The van der Waals surface area contributed by atoms with Crippen molar-refractivity contribution >= 4 is 17.2 Å². The first-order valence-electron chi connectivity index (χ1n) is 6.85. The van der Waals surface area contributed by atoms with Gasteiger partial charge in [-0.1, -0.05) is 48.5 Å². The van der Waals surface area contributed by atoms with Crippen LogP contribution in [0.5, 0.6) is 0 Å². The van der Waals surface area contributed by atoms with Crippen LogP contribution in [0.1, 0.15) is 15.9 Å². The largest absolute Gasteiger partial charge is 0.356 e. The van der Waals surface area contributed by atoms with Crippen molar-refractivity contribution in [2.45, 2.75) is 0 Å². The summed E-state index contributed by atoms with van der Waals surface area (Å²) >= 11 is 0. The fourth-order valence-electron chi connectivity index (χ4n) is 2.15. The van der Waals surface area contributed by atoms with E-state index >= 15 is 0 Å². The van der Waals surface area contributed by atoms with Gasteiger partial charge in [-0.2, -0.15) is 0 Å². The van der Waals surface area contributed by atoms with Gasteiger partial charge in [0.2, 0.25) is 0 Å². The molecule has 1 N–H and O–H groups in total. The van der Waals surface area contributed by atoms with E-state index in [1.54, 1.807) is 0 Å². The van der Waals surface area contributed by atoms with E-state index in [9.17, 15) is 4.79 Å². The molecule has 0 spiro atoms. The van der Waals surface area contributed by atoms with Gasteiger partial charge in [0.25, 0.3) is 0 Å². The van der Waals surface area contributed by atoms with E-state index in [0.717, 1.165) is 11.4 Å². The van der Waals surface area contributed by atoms with Gasteiger partial charge in [-0.25, -0.2) is 0 Å². The predicted molar refractivity (Wildman–Crippen MR) is 86.0 cm³/mol. The van der Waals surface area contributed by atoms with Gasteiger partial charge in [-0.15, -0.1) is 0 Å². The molecule has 0 aromatic heterocycles. The molecule has 0 bridgehead atoms. The second kappa shape index (κ2) is 6.06. The zero-order chi connectivity index (χ0) is 14.5. The molecule has 0 aliphatic carbocycles. The number of para-hydroxylation sites is 1. The summed E-state index contributed by atoms with van der Waals surface area (Å²) in [6.45, 7) is 0. The lowest BCUT2D eigenvalue weighted by molar-refractivity contribution is 0.103. The van der Waals surface area contributed by atoms with Crippen LogP contribution in [0.15, 0.2) is 84.9 Å². The van der Waals surface area contributed by atoms with Crippen LogP contribution in [0.4, 0.5) is 11.4 Å². The molecular weight excluding hydrogens is 258 g/mol. The van der Waals surface area contributed by atoms with Gasteiger partial charge in [0.15, 0.2) is 5.78 Å². The molecule has 0 saturated carbocycles. The fraction of sp³-hybridized carbons (Fsp3) is 0. The van der Waals surface area contributed by atoms with Crippen molar-refractivity contribution in [3.63, 3.8) is 0 Å². The minimum Gasteiger partial charge on any atom is -0.356 e. The molecule has 3 aromatic carbocycles. The first-order valence-corrected chi connectivity index (χ1v) is 6.85. The quantitative estimate of drug-likeness (QED) is 0.700. The Hall–Kier alpha value is -2.87. The van der Waals surface area contributed by atoms with E-state index in [0.29, 0.717) is 11.1 Å². The molecular formula is C19H15NO. The van der Waals surface area contributed by atoms with Crippen LogP contribution in [0.25, 0.3) is 0 Å². The molecule has 0 atom stereocenters.